The standard InChI is InChI=1S/C11H21NS/c12-11(6-7-11)8-9-13-10-4-2-1-3-5-10/h10H,1-9,12H2. The van der Waals surface area contributed by atoms with Crippen LogP contribution in [0.25, 0.3) is 0 Å². The summed E-state index contributed by atoms with van der Waals surface area (Å²) in [6.45, 7) is 0. The van der Waals surface area contributed by atoms with Gasteiger partial charge >= 0.3 is 0 Å². The maximum atomic E-state index is 6.05. The van der Waals surface area contributed by atoms with Crippen molar-refractivity contribution >= 4 is 11.8 Å². The van der Waals surface area contributed by atoms with Crippen molar-refractivity contribution in [2.24, 2.45) is 5.73 Å². The predicted molar refractivity (Wildman–Crippen MR) is 60.1 cm³/mol. The van der Waals surface area contributed by atoms with E-state index >= 15 is 0 Å². The van der Waals surface area contributed by atoms with Crippen molar-refractivity contribution in [1.82, 2.24) is 0 Å². The monoisotopic (exact) mass is 199 g/mol. The number of nitrogens with two attached hydrogens (primary N) is 1. The fourth-order valence-corrected chi connectivity index (χ4v) is 3.60. The Kier molecular flexibility index (Phi) is 3.20. The van der Waals surface area contributed by atoms with Gasteiger partial charge in [-0.05, 0) is 37.9 Å². The lowest BCUT2D eigenvalue weighted by atomic mass is 10.0. The number of hydrogen-bond donors (Lipinski definition) is 1. The van der Waals surface area contributed by atoms with E-state index in [1.807, 2.05) is 0 Å². The molecule has 0 aromatic rings. The third kappa shape index (κ3) is 3.17. The molecule has 1 nitrogen and oxygen atoms in total. The average molecular weight is 199 g/mol. The van der Waals surface area contributed by atoms with Gasteiger partial charge in [0.1, 0.15) is 0 Å². The van der Waals surface area contributed by atoms with E-state index < -0.39 is 0 Å². The Labute approximate surface area is 85.8 Å². The molecule has 0 spiro atoms. The van der Waals surface area contributed by atoms with Gasteiger partial charge in [-0.25, -0.2) is 0 Å². The van der Waals surface area contributed by atoms with Crippen molar-refractivity contribution in [3.05, 3.63) is 0 Å². The van der Waals surface area contributed by atoms with E-state index in [1.165, 1.54) is 57.1 Å². The van der Waals surface area contributed by atoms with Crippen LogP contribution in [0.3, 0.4) is 0 Å². The van der Waals surface area contributed by atoms with Crippen molar-refractivity contribution in [3.63, 3.8) is 0 Å². The molecule has 2 saturated carbocycles. The van der Waals surface area contributed by atoms with Gasteiger partial charge in [0, 0.05) is 10.8 Å². The van der Waals surface area contributed by atoms with Crippen LogP contribution in [-0.2, 0) is 0 Å². The average Bonchev–Trinajstić information content (AvgIpc) is 2.86. The molecule has 2 N–H and O–H groups in total. The van der Waals surface area contributed by atoms with Crippen LogP contribution in [-0.4, -0.2) is 16.5 Å². The summed E-state index contributed by atoms with van der Waals surface area (Å²) in [5.41, 5.74) is 6.33. The minimum atomic E-state index is 0.279. The molecule has 0 saturated heterocycles. The van der Waals surface area contributed by atoms with Crippen LogP contribution >= 0.6 is 11.8 Å². The molecular weight excluding hydrogens is 178 g/mol. The second-order valence-corrected chi connectivity index (χ2v) is 6.15. The van der Waals surface area contributed by atoms with Crippen LogP contribution in [0.1, 0.15) is 51.4 Å². The molecule has 0 aromatic carbocycles. The topological polar surface area (TPSA) is 26.0 Å². The highest BCUT2D eigenvalue weighted by molar-refractivity contribution is 7.99. The van der Waals surface area contributed by atoms with Gasteiger partial charge in [0.2, 0.25) is 0 Å². The van der Waals surface area contributed by atoms with Crippen molar-refractivity contribution < 1.29 is 0 Å². The summed E-state index contributed by atoms with van der Waals surface area (Å²) < 4.78 is 0. The first-order chi connectivity index (χ1) is 6.29. The van der Waals surface area contributed by atoms with E-state index in [0.717, 1.165) is 5.25 Å². The van der Waals surface area contributed by atoms with Crippen LogP contribution in [0.15, 0.2) is 0 Å². The van der Waals surface area contributed by atoms with Crippen molar-refractivity contribution in [3.8, 4) is 0 Å². The van der Waals surface area contributed by atoms with Gasteiger partial charge in [0.15, 0.2) is 0 Å². The first-order valence-corrected chi connectivity index (χ1v) is 6.74. The quantitative estimate of drug-likeness (QED) is 0.753. The number of hydrogen-bond acceptors (Lipinski definition) is 2. The molecule has 2 rings (SSSR count). The second kappa shape index (κ2) is 4.22. The molecule has 13 heavy (non-hydrogen) atoms. The van der Waals surface area contributed by atoms with Crippen LogP contribution in [0.5, 0.6) is 0 Å². The van der Waals surface area contributed by atoms with Gasteiger partial charge in [-0.3, -0.25) is 0 Å². The number of thioether (sulfide) groups is 1. The molecule has 0 bridgehead atoms. The maximum Gasteiger partial charge on any atom is 0.0163 e. The normalized spacial score (nSPS) is 27.5. The van der Waals surface area contributed by atoms with Crippen LogP contribution < -0.4 is 5.73 Å². The molecule has 0 amide bonds. The summed E-state index contributed by atoms with van der Waals surface area (Å²) in [6, 6.07) is 0. The summed E-state index contributed by atoms with van der Waals surface area (Å²) in [7, 11) is 0. The summed E-state index contributed by atoms with van der Waals surface area (Å²) in [5.74, 6) is 1.31. The molecule has 0 unspecified atom stereocenters. The molecule has 2 aliphatic carbocycles. The minimum Gasteiger partial charge on any atom is -0.325 e. The molecule has 2 fully saturated rings. The highest BCUT2D eigenvalue weighted by Gasteiger charge is 2.37. The van der Waals surface area contributed by atoms with Crippen molar-refractivity contribution in [2.75, 3.05) is 5.75 Å². The largest absolute Gasteiger partial charge is 0.325 e. The zero-order valence-electron chi connectivity index (χ0n) is 8.43. The Balaban J connectivity index is 1.56. The fraction of sp³-hybridized carbons (Fsp3) is 1.00. The first-order valence-electron chi connectivity index (χ1n) is 5.69. The van der Waals surface area contributed by atoms with Gasteiger partial charge in [-0.1, -0.05) is 19.3 Å². The van der Waals surface area contributed by atoms with Gasteiger partial charge in [0.05, 0.1) is 0 Å². The zero-order valence-corrected chi connectivity index (χ0v) is 9.24. The Hall–Kier alpha value is 0.310. The highest BCUT2D eigenvalue weighted by atomic mass is 32.2. The second-order valence-electron chi connectivity index (χ2n) is 4.74. The zero-order chi connectivity index (χ0) is 9.15. The summed E-state index contributed by atoms with van der Waals surface area (Å²) in [4.78, 5) is 0. The SMILES string of the molecule is NC1(CCSC2CCCCC2)CC1. The maximum absolute atomic E-state index is 6.05. The van der Waals surface area contributed by atoms with Crippen molar-refractivity contribution in [2.45, 2.75) is 62.2 Å². The Morgan fingerprint density at radius 2 is 1.85 bits per heavy atom. The Morgan fingerprint density at radius 1 is 1.15 bits per heavy atom. The molecule has 0 heterocycles. The summed E-state index contributed by atoms with van der Waals surface area (Å²) in [5, 5.41) is 0.969. The Morgan fingerprint density at radius 3 is 2.46 bits per heavy atom. The molecule has 0 aromatic heterocycles. The van der Waals surface area contributed by atoms with Gasteiger partial charge in [0.25, 0.3) is 0 Å². The van der Waals surface area contributed by atoms with Crippen molar-refractivity contribution in [1.29, 1.82) is 0 Å². The molecule has 0 radical (unpaired) electrons. The minimum absolute atomic E-state index is 0.279. The molecule has 2 heteroatoms. The van der Waals surface area contributed by atoms with E-state index in [2.05, 4.69) is 11.8 Å². The lowest BCUT2D eigenvalue weighted by molar-refractivity contribution is 0.515. The smallest absolute Gasteiger partial charge is 0.0163 e. The van der Waals surface area contributed by atoms with Crippen LogP contribution in [0.4, 0.5) is 0 Å². The molecule has 0 atom stereocenters. The molecule has 2 aliphatic rings. The third-order valence-electron chi connectivity index (χ3n) is 3.40. The van der Waals surface area contributed by atoms with E-state index in [9.17, 15) is 0 Å². The molecule has 76 valence electrons. The van der Waals surface area contributed by atoms with Gasteiger partial charge in [-0.2, -0.15) is 11.8 Å². The Bertz CT molecular complexity index is 159. The summed E-state index contributed by atoms with van der Waals surface area (Å²) in [6.07, 6.45) is 11.1. The summed E-state index contributed by atoms with van der Waals surface area (Å²) >= 11 is 2.18. The highest BCUT2D eigenvalue weighted by Crippen LogP contribution is 2.38. The lowest BCUT2D eigenvalue weighted by Gasteiger charge is -2.21. The lowest BCUT2D eigenvalue weighted by Crippen LogP contribution is -2.22. The molecular formula is C11H21NS. The van der Waals surface area contributed by atoms with Gasteiger partial charge in [-0.15, -0.1) is 0 Å². The predicted octanol–water partition coefficient (Wildman–Crippen LogP) is 2.93. The fourth-order valence-electron chi connectivity index (χ4n) is 2.07. The van der Waals surface area contributed by atoms with Crippen LogP contribution in [0, 0.1) is 0 Å². The third-order valence-corrected chi connectivity index (χ3v) is 4.78. The van der Waals surface area contributed by atoms with E-state index in [4.69, 9.17) is 5.73 Å². The van der Waals surface area contributed by atoms with Crippen LogP contribution in [0.2, 0.25) is 0 Å². The van der Waals surface area contributed by atoms with E-state index in [-0.39, 0.29) is 5.54 Å². The van der Waals surface area contributed by atoms with E-state index in [0.29, 0.717) is 0 Å². The van der Waals surface area contributed by atoms with Gasteiger partial charge < -0.3 is 5.73 Å². The van der Waals surface area contributed by atoms with E-state index in [1.54, 1.807) is 0 Å². The molecule has 0 aliphatic heterocycles. The number of rotatable bonds is 4. The first kappa shape index (κ1) is 9.85.